The fourth-order valence-corrected chi connectivity index (χ4v) is 4.11. The van der Waals surface area contributed by atoms with Crippen LogP contribution in [0.2, 0.25) is 0 Å². The lowest BCUT2D eigenvalue weighted by Gasteiger charge is -2.34. The number of rotatable bonds is 6. The summed E-state index contributed by atoms with van der Waals surface area (Å²) in [5.74, 6) is 0.436. The van der Waals surface area contributed by atoms with Gasteiger partial charge in [0.2, 0.25) is 17.9 Å². The molecule has 3 amide bonds. The van der Waals surface area contributed by atoms with Gasteiger partial charge in [-0.2, -0.15) is 0 Å². The van der Waals surface area contributed by atoms with E-state index in [4.69, 9.17) is 10.5 Å². The van der Waals surface area contributed by atoms with Gasteiger partial charge in [-0.25, -0.2) is 4.98 Å². The smallest absolute Gasteiger partial charge is 0.274 e. The Morgan fingerprint density at radius 2 is 1.84 bits per heavy atom. The van der Waals surface area contributed by atoms with Crippen molar-refractivity contribution in [2.24, 2.45) is 11.7 Å². The number of likely N-dealkylation sites (tertiary alicyclic amines) is 1. The van der Waals surface area contributed by atoms with Crippen LogP contribution in [0.15, 0.2) is 48.7 Å². The molecule has 4 rings (SSSR count). The van der Waals surface area contributed by atoms with Crippen molar-refractivity contribution in [3.8, 4) is 5.75 Å². The summed E-state index contributed by atoms with van der Waals surface area (Å²) in [5.41, 5.74) is 6.14. The molecule has 0 saturated carbocycles. The van der Waals surface area contributed by atoms with E-state index in [0.29, 0.717) is 56.9 Å². The molecule has 8 nitrogen and oxygen atoms in total. The lowest BCUT2D eigenvalue weighted by Crippen LogP contribution is -2.43. The summed E-state index contributed by atoms with van der Waals surface area (Å²) in [6, 6.07) is 12.9. The van der Waals surface area contributed by atoms with E-state index < -0.39 is 6.10 Å². The number of benzene rings is 1. The summed E-state index contributed by atoms with van der Waals surface area (Å²) in [7, 11) is 0. The number of aromatic nitrogens is 1. The second-order valence-electron chi connectivity index (χ2n) is 7.88. The van der Waals surface area contributed by atoms with Gasteiger partial charge in [0, 0.05) is 43.7 Å². The maximum Gasteiger partial charge on any atom is 0.274 e. The number of carbonyl (C=O) groups excluding carboxylic acids is 3. The van der Waals surface area contributed by atoms with Crippen LogP contribution in [0.1, 0.15) is 37.4 Å². The highest BCUT2D eigenvalue weighted by Gasteiger charge is 2.36. The zero-order chi connectivity index (χ0) is 21.8. The Kier molecular flexibility index (Phi) is 6.16. The van der Waals surface area contributed by atoms with E-state index in [-0.39, 0.29) is 23.6 Å². The molecule has 31 heavy (non-hydrogen) atoms. The van der Waals surface area contributed by atoms with E-state index >= 15 is 0 Å². The number of hydrogen-bond donors (Lipinski definition) is 1. The summed E-state index contributed by atoms with van der Waals surface area (Å²) < 4.78 is 5.95. The highest BCUT2D eigenvalue weighted by atomic mass is 16.5. The van der Waals surface area contributed by atoms with Crippen LogP contribution < -0.4 is 15.4 Å². The molecule has 1 aromatic carbocycles. The first-order valence-corrected chi connectivity index (χ1v) is 10.6. The maximum atomic E-state index is 13.2. The normalized spacial score (nSPS) is 19.0. The lowest BCUT2D eigenvalue weighted by atomic mass is 9.96. The van der Waals surface area contributed by atoms with E-state index in [2.05, 4.69) is 4.98 Å². The fraction of sp³-hybridized carbons (Fsp3) is 0.391. The summed E-state index contributed by atoms with van der Waals surface area (Å²) in [6.07, 6.45) is 2.95. The number of nitrogens with zero attached hydrogens (tertiary/aromatic N) is 3. The highest BCUT2D eigenvalue weighted by molar-refractivity contribution is 5.99. The summed E-state index contributed by atoms with van der Waals surface area (Å²) in [4.78, 5) is 44.8. The van der Waals surface area contributed by atoms with Crippen molar-refractivity contribution >= 4 is 23.5 Å². The Morgan fingerprint density at radius 1 is 1.10 bits per heavy atom. The second kappa shape index (κ2) is 9.16. The summed E-state index contributed by atoms with van der Waals surface area (Å²) in [5, 5.41) is 0. The minimum Gasteiger partial charge on any atom is -0.472 e. The molecule has 1 aromatic heterocycles. The van der Waals surface area contributed by atoms with Crippen molar-refractivity contribution in [2.45, 2.75) is 31.8 Å². The number of nitrogens with two attached hydrogens (primary N) is 1. The molecule has 0 aliphatic carbocycles. The van der Waals surface area contributed by atoms with Gasteiger partial charge in [0.25, 0.3) is 5.91 Å². The highest BCUT2D eigenvalue weighted by Crippen LogP contribution is 2.37. The number of ether oxygens (including phenoxy) is 1. The van der Waals surface area contributed by atoms with Crippen molar-refractivity contribution < 1.29 is 19.1 Å². The molecular weight excluding hydrogens is 396 g/mol. The van der Waals surface area contributed by atoms with Gasteiger partial charge in [-0.3, -0.25) is 19.3 Å². The van der Waals surface area contributed by atoms with Gasteiger partial charge in [0.05, 0.1) is 0 Å². The number of pyridine rings is 1. The number of fused-ring (bicyclic) bond motifs is 1. The standard InChI is InChI=1S/C23H26N4O4/c24-21(29)17-10-14-26(15-11-17)19(28)9-5-13-27-22-18(8-4-12-25-22)31-20(23(27)30)16-6-2-1-3-7-16/h1-4,6-8,12,17,20H,5,9-11,13-15H2,(H2,24,29)/t20-/m0/s1. The monoisotopic (exact) mass is 422 g/mol. The van der Waals surface area contributed by atoms with E-state index in [1.165, 1.54) is 0 Å². The van der Waals surface area contributed by atoms with E-state index in [1.807, 2.05) is 30.3 Å². The van der Waals surface area contributed by atoms with Crippen molar-refractivity contribution in [1.82, 2.24) is 9.88 Å². The van der Waals surface area contributed by atoms with Crippen LogP contribution in [0.4, 0.5) is 5.82 Å². The van der Waals surface area contributed by atoms with Crippen LogP contribution in [-0.2, 0) is 14.4 Å². The molecule has 162 valence electrons. The fourth-order valence-electron chi connectivity index (χ4n) is 4.11. The van der Waals surface area contributed by atoms with Crippen molar-refractivity contribution in [1.29, 1.82) is 0 Å². The molecule has 1 saturated heterocycles. The van der Waals surface area contributed by atoms with Gasteiger partial charge in [-0.05, 0) is 31.4 Å². The van der Waals surface area contributed by atoms with Crippen molar-refractivity contribution in [3.05, 3.63) is 54.2 Å². The first-order valence-electron chi connectivity index (χ1n) is 10.6. The van der Waals surface area contributed by atoms with Crippen LogP contribution in [0.3, 0.4) is 0 Å². The number of primary amides is 1. The Labute approximate surface area is 181 Å². The third kappa shape index (κ3) is 4.52. The Morgan fingerprint density at radius 3 is 2.55 bits per heavy atom. The Hall–Kier alpha value is -3.42. The molecule has 2 aliphatic rings. The number of amides is 3. The van der Waals surface area contributed by atoms with Gasteiger partial charge >= 0.3 is 0 Å². The summed E-state index contributed by atoms with van der Waals surface area (Å²) >= 11 is 0. The molecule has 1 atom stereocenters. The zero-order valence-electron chi connectivity index (χ0n) is 17.3. The SMILES string of the molecule is NC(=O)C1CCN(C(=O)CCCN2C(=O)[C@H](c3ccccc3)Oc3cccnc32)CC1. The Balaban J connectivity index is 1.40. The molecule has 1 fully saturated rings. The van der Waals surface area contributed by atoms with Crippen LogP contribution in [0.5, 0.6) is 5.75 Å². The minimum atomic E-state index is -0.735. The van der Waals surface area contributed by atoms with Crippen LogP contribution in [-0.4, -0.2) is 47.2 Å². The largest absolute Gasteiger partial charge is 0.472 e. The van der Waals surface area contributed by atoms with Crippen LogP contribution in [0, 0.1) is 5.92 Å². The number of piperidine rings is 1. The predicted octanol–water partition coefficient (Wildman–Crippen LogP) is 2.05. The molecule has 3 heterocycles. The zero-order valence-corrected chi connectivity index (χ0v) is 17.3. The predicted molar refractivity (Wildman–Crippen MR) is 114 cm³/mol. The maximum absolute atomic E-state index is 13.2. The van der Waals surface area contributed by atoms with Gasteiger partial charge < -0.3 is 15.4 Å². The molecule has 2 N–H and O–H groups in total. The van der Waals surface area contributed by atoms with Crippen LogP contribution in [0.25, 0.3) is 0 Å². The van der Waals surface area contributed by atoms with E-state index in [0.717, 1.165) is 5.56 Å². The summed E-state index contributed by atoms with van der Waals surface area (Å²) in [6.45, 7) is 1.46. The Bertz CT molecular complexity index is 957. The van der Waals surface area contributed by atoms with E-state index in [1.54, 1.807) is 28.1 Å². The minimum absolute atomic E-state index is 0.0319. The molecule has 2 aromatic rings. The molecule has 2 aliphatic heterocycles. The average Bonchev–Trinajstić information content (AvgIpc) is 2.80. The van der Waals surface area contributed by atoms with Crippen molar-refractivity contribution in [2.75, 3.05) is 24.5 Å². The first kappa shape index (κ1) is 20.8. The molecule has 0 radical (unpaired) electrons. The number of carbonyl (C=O) groups is 3. The third-order valence-corrected chi connectivity index (χ3v) is 5.87. The van der Waals surface area contributed by atoms with Gasteiger partial charge in [-0.1, -0.05) is 30.3 Å². The van der Waals surface area contributed by atoms with Crippen molar-refractivity contribution in [3.63, 3.8) is 0 Å². The number of anilines is 1. The van der Waals surface area contributed by atoms with Gasteiger partial charge in [0.15, 0.2) is 11.6 Å². The topological polar surface area (TPSA) is 106 Å². The van der Waals surface area contributed by atoms with Gasteiger partial charge in [-0.15, -0.1) is 0 Å². The molecule has 0 spiro atoms. The molecule has 8 heteroatoms. The first-order chi connectivity index (χ1) is 15.0. The average molecular weight is 422 g/mol. The lowest BCUT2D eigenvalue weighted by molar-refractivity contribution is -0.135. The van der Waals surface area contributed by atoms with E-state index in [9.17, 15) is 14.4 Å². The van der Waals surface area contributed by atoms with Gasteiger partial charge in [0.1, 0.15) is 0 Å². The molecular formula is C23H26N4O4. The van der Waals surface area contributed by atoms with Crippen LogP contribution >= 0.6 is 0 Å². The second-order valence-corrected chi connectivity index (χ2v) is 7.88. The number of hydrogen-bond acceptors (Lipinski definition) is 5. The molecule has 0 bridgehead atoms. The quantitative estimate of drug-likeness (QED) is 0.767. The third-order valence-electron chi connectivity index (χ3n) is 5.87. The molecule has 0 unspecified atom stereocenters.